The zero-order valence-electron chi connectivity index (χ0n) is 23.5. The van der Waals surface area contributed by atoms with Gasteiger partial charge in [0.15, 0.2) is 0 Å². The molecule has 7 heteroatoms. The van der Waals surface area contributed by atoms with Crippen LogP contribution in [-0.4, -0.2) is 5.27 Å². The molecule has 6 aromatic rings. The van der Waals surface area contributed by atoms with Gasteiger partial charge in [0.25, 0.3) is 0 Å². The fraction of sp³-hybridized carbons (Fsp3) is 0. The molecular weight excluding hydrogens is 815 g/mol. The summed E-state index contributed by atoms with van der Waals surface area (Å²) >= 11 is 20.5. The minimum atomic E-state index is -3.66. The van der Waals surface area contributed by atoms with Crippen LogP contribution in [0.25, 0.3) is 0 Å². The number of carbonyl (C=O) groups is 1. The molecule has 0 spiro atoms. The maximum atomic E-state index is 16.6. The molecule has 44 heavy (non-hydrogen) atoms. The predicted octanol–water partition coefficient (Wildman–Crippen LogP) is 8.52. The van der Waals surface area contributed by atoms with Gasteiger partial charge in [-0.2, -0.15) is 0 Å². The summed E-state index contributed by atoms with van der Waals surface area (Å²) in [4.78, 5) is 16.6. The smallest absolute Gasteiger partial charge is 0 e. The third kappa shape index (κ3) is 5.53. The minimum Gasteiger partial charge on any atom is 0 e. The molecule has 0 N–H and O–H groups in total. The number of benzene rings is 6. The zero-order valence-corrected chi connectivity index (χ0v) is 30.5. The second-order valence-electron chi connectivity index (χ2n) is 10.4. The van der Waals surface area contributed by atoms with Crippen LogP contribution < -0.4 is 31.8 Å². The van der Waals surface area contributed by atoms with Gasteiger partial charge in [-0.15, -0.1) is 0 Å². The molecule has 0 aromatic heterocycles. The van der Waals surface area contributed by atoms with E-state index in [2.05, 4.69) is 60.7 Å². The van der Waals surface area contributed by atoms with Crippen molar-refractivity contribution in [3.8, 4) is 0 Å². The van der Waals surface area contributed by atoms with E-state index in [1.165, 1.54) is 0 Å². The minimum absolute atomic E-state index is 0. The van der Waals surface area contributed by atoms with Gasteiger partial charge in [-0.1, -0.05) is 0 Å². The van der Waals surface area contributed by atoms with Gasteiger partial charge < -0.3 is 0 Å². The number of hydrogen-bond donors (Lipinski definition) is 0. The largest absolute Gasteiger partial charge is 0 e. The van der Waals surface area contributed by atoms with Crippen molar-refractivity contribution in [3.05, 3.63) is 179 Å². The van der Waals surface area contributed by atoms with E-state index in [1.807, 2.05) is 97.1 Å². The van der Waals surface area contributed by atoms with E-state index in [0.29, 0.717) is 10.0 Å². The monoisotopic (exact) mass is 843 g/mol. The molecule has 0 heterocycles. The Bertz CT molecular complexity index is 1720. The molecule has 0 aliphatic rings. The molecule has 0 bridgehead atoms. The first-order valence-corrected chi connectivity index (χ1v) is 19.1. The quantitative estimate of drug-likeness (QED) is 0.111. The topological polar surface area (TPSA) is 17.1 Å². The van der Waals surface area contributed by atoms with Gasteiger partial charge in [-0.05, 0) is 0 Å². The molecule has 0 aliphatic heterocycles. The number of halogens is 3. The van der Waals surface area contributed by atoms with Crippen LogP contribution in [0.3, 0.4) is 0 Å². The van der Waals surface area contributed by atoms with Crippen LogP contribution in [0.5, 0.6) is 0 Å². The van der Waals surface area contributed by atoms with Gasteiger partial charge in [0.05, 0.1) is 0 Å². The average Bonchev–Trinajstić information content (AvgIpc) is 3.08. The third-order valence-electron chi connectivity index (χ3n) is 8.15. The Morgan fingerprint density at radius 2 is 0.682 bits per heavy atom. The fourth-order valence-electron chi connectivity index (χ4n) is 6.29. The van der Waals surface area contributed by atoms with Crippen molar-refractivity contribution in [1.82, 2.24) is 0 Å². The Hall–Kier alpha value is -2.62. The summed E-state index contributed by atoms with van der Waals surface area (Å²) in [7, 11) is -7.14. The first-order chi connectivity index (χ1) is 21.0. The molecule has 6 aromatic carbocycles. The first kappa shape index (κ1) is 32.8. The van der Waals surface area contributed by atoms with Gasteiger partial charge in [-0.25, -0.2) is 0 Å². The normalized spacial score (nSPS) is 12.2. The molecule has 0 saturated heterocycles. The van der Waals surface area contributed by atoms with Crippen LogP contribution in [0.4, 0.5) is 4.79 Å². The van der Waals surface area contributed by atoms with Crippen molar-refractivity contribution in [1.29, 1.82) is 0 Å². The van der Waals surface area contributed by atoms with Crippen LogP contribution in [-0.2, 0) is 20.4 Å². The predicted molar refractivity (Wildman–Crippen MR) is 194 cm³/mol. The summed E-state index contributed by atoms with van der Waals surface area (Å²) in [6.45, 7) is 0. The van der Waals surface area contributed by atoms with E-state index < -0.39 is 14.5 Å². The molecule has 0 amide bonds. The summed E-state index contributed by atoms with van der Waals surface area (Å²) in [5.74, 6) is 0. The number of rotatable bonds is 8. The Morgan fingerprint density at radius 1 is 0.386 bits per heavy atom. The van der Waals surface area contributed by atoms with Gasteiger partial charge in [0, 0.05) is 20.4 Å². The maximum Gasteiger partial charge on any atom is 0 e. The standard InChI is InChI=1S/C37H29Cl3OP2.Re/c38-33-26-27-34(36(40)35(33)39)43(31-22-12-4-13-23-31,32-24-14-5-15-25-32)37(41)42(28-16-6-1-7-17-28,29-18-8-2-9-19-29)30-20-10-3-11-21-30;/h1-27,42-43H;. The van der Waals surface area contributed by atoms with Crippen molar-refractivity contribution >= 4 is 86.4 Å². The zero-order chi connectivity index (χ0) is 29.9. The molecular formula is C37H29Cl3OP2Re. The second kappa shape index (κ2) is 14.2. The van der Waals surface area contributed by atoms with Crippen molar-refractivity contribution in [2.45, 2.75) is 0 Å². The van der Waals surface area contributed by atoms with E-state index >= 15 is 4.79 Å². The molecule has 0 fully saturated rings. The first-order valence-electron chi connectivity index (χ1n) is 14.0. The van der Waals surface area contributed by atoms with Gasteiger partial charge >= 0.3 is 270 Å². The summed E-state index contributed by atoms with van der Waals surface area (Å²) < 4.78 is 0. The van der Waals surface area contributed by atoms with Gasteiger partial charge in [0.1, 0.15) is 0 Å². The SMILES string of the molecule is O=C([PH](c1ccccc1)(c1ccccc1)c1ccccc1)[PH](c1ccccc1)(c1ccccc1)c1ccc(Cl)c(Cl)c1Cl.[Re]. The van der Waals surface area contributed by atoms with Crippen LogP contribution in [0, 0.1) is 0 Å². The Kier molecular flexibility index (Phi) is 10.6. The summed E-state index contributed by atoms with van der Waals surface area (Å²) in [5.41, 5.74) is 0. The van der Waals surface area contributed by atoms with Crippen molar-refractivity contribution in [3.63, 3.8) is 0 Å². The van der Waals surface area contributed by atoms with Crippen LogP contribution in [0.2, 0.25) is 15.1 Å². The van der Waals surface area contributed by atoms with Crippen molar-refractivity contribution < 1.29 is 25.2 Å². The maximum absolute atomic E-state index is 16.6. The summed E-state index contributed by atoms with van der Waals surface area (Å²) in [6, 6.07) is 54.7. The van der Waals surface area contributed by atoms with Crippen molar-refractivity contribution in [2.75, 3.05) is 0 Å². The molecule has 0 unspecified atom stereocenters. The van der Waals surface area contributed by atoms with E-state index in [9.17, 15) is 0 Å². The van der Waals surface area contributed by atoms with Crippen LogP contribution in [0.1, 0.15) is 0 Å². The van der Waals surface area contributed by atoms with Crippen LogP contribution in [0.15, 0.2) is 164 Å². The molecule has 0 saturated carbocycles. The molecule has 0 atom stereocenters. The summed E-state index contributed by atoms with van der Waals surface area (Å²) in [6.07, 6.45) is 0. The third-order valence-corrected chi connectivity index (χ3v) is 20.4. The van der Waals surface area contributed by atoms with Crippen LogP contribution >= 0.6 is 49.3 Å². The average molecular weight is 844 g/mol. The Balaban J connectivity index is 0.00000384. The molecule has 1 radical (unpaired) electrons. The van der Waals surface area contributed by atoms with Gasteiger partial charge in [-0.3, -0.25) is 0 Å². The molecule has 0 aliphatic carbocycles. The Morgan fingerprint density at radius 3 is 1.00 bits per heavy atom. The van der Waals surface area contributed by atoms with E-state index in [-0.39, 0.29) is 30.7 Å². The molecule has 221 valence electrons. The Labute approximate surface area is 288 Å². The number of hydrogen-bond acceptors (Lipinski definition) is 1. The molecule has 6 rings (SSSR count). The number of carbonyl (C=O) groups excluding carboxylic acids is 1. The molecule has 1 nitrogen and oxygen atoms in total. The van der Waals surface area contributed by atoms with E-state index in [0.717, 1.165) is 31.8 Å². The van der Waals surface area contributed by atoms with E-state index in [4.69, 9.17) is 34.8 Å². The fourth-order valence-corrected chi connectivity index (χ4v) is 19.9. The van der Waals surface area contributed by atoms with E-state index in [1.54, 1.807) is 6.07 Å². The van der Waals surface area contributed by atoms with Crippen molar-refractivity contribution in [2.24, 2.45) is 0 Å². The summed E-state index contributed by atoms with van der Waals surface area (Å²) in [5, 5.41) is 6.74. The van der Waals surface area contributed by atoms with Gasteiger partial charge in [0.2, 0.25) is 0 Å². The second-order valence-corrected chi connectivity index (χ2v) is 19.4.